The zero-order valence-corrected chi connectivity index (χ0v) is 15.5. The van der Waals surface area contributed by atoms with Crippen molar-refractivity contribution in [2.24, 2.45) is 0 Å². The van der Waals surface area contributed by atoms with Crippen molar-refractivity contribution in [3.05, 3.63) is 65.7 Å². The lowest BCUT2D eigenvalue weighted by Crippen LogP contribution is -2.45. The van der Waals surface area contributed by atoms with E-state index in [-0.39, 0.29) is 12.5 Å². The van der Waals surface area contributed by atoms with Gasteiger partial charge in [-0.15, -0.1) is 0 Å². The van der Waals surface area contributed by atoms with E-state index >= 15 is 0 Å². The van der Waals surface area contributed by atoms with Gasteiger partial charge in [0, 0.05) is 5.69 Å². The fourth-order valence-electron chi connectivity index (χ4n) is 3.17. The lowest BCUT2D eigenvalue weighted by molar-refractivity contribution is -0.133. The lowest BCUT2D eigenvalue weighted by Gasteiger charge is -2.21. The summed E-state index contributed by atoms with van der Waals surface area (Å²) < 4.78 is 0. The molecule has 0 bridgehead atoms. The molecule has 0 aromatic heterocycles. The highest BCUT2D eigenvalue weighted by atomic mass is 16.2. The van der Waals surface area contributed by atoms with Crippen molar-refractivity contribution < 1.29 is 14.4 Å². The second kappa shape index (κ2) is 7.61. The number of anilines is 1. The molecule has 2 N–H and O–H groups in total. The smallest absolute Gasteiger partial charge is 0.325 e. The number of hydrogen-bond acceptors (Lipinski definition) is 3. The monoisotopic (exact) mass is 365 g/mol. The molecule has 27 heavy (non-hydrogen) atoms. The van der Waals surface area contributed by atoms with Crippen molar-refractivity contribution >= 4 is 23.5 Å². The zero-order valence-electron chi connectivity index (χ0n) is 15.5. The Kier molecular flexibility index (Phi) is 5.26. The number of nitrogens with one attached hydrogen (secondary N) is 2. The van der Waals surface area contributed by atoms with Crippen LogP contribution in [0.15, 0.2) is 54.6 Å². The van der Waals surface area contributed by atoms with E-state index in [4.69, 9.17) is 0 Å². The van der Waals surface area contributed by atoms with E-state index in [9.17, 15) is 14.4 Å². The van der Waals surface area contributed by atoms with Gasteiger partial charge in [-0.3, -0.25) is 14.5 Å². The van der Waals surface area contributed by atoms with Crippen molar-refractivity contribution in [2.75, 3.05) is 11.9 Å². The van der Waals surface area contributed by atoms with E-state index in [1.54, 1.807) is 13.0 Å². The van der Waals surface area contributed by atoms with Gasteiger partial charge in [-0.05, 0) is 49.9 Å². The molecule has 1 unspecified atom stereocenters. The SMILES string of the molecule is Cc1cccc(NC(=O)CN2C(=O)NC(C)(CCc3ccccc3)C2=O)c1. The number of nitrogens with zero attached hydrogens (tertiary/aromatic N) is 1. The normalized spacial score (nSPS) is 19.1. The van der Waals surface area contributed by atoms with E-state index in [1.165, 1.54) is 0 Å². The molecule has 0 aliphatic carbocycles. The number of carbonyl (C=O) groups excluding carboxylic acids is 3. The van der Waals surface area contributed by atoms with Gasteiger partial charge in [0.25, 0.3) is 5.91 Å². The van der Waals surface area contributed by atoms with Gasteiger partial charge in [-0.1, -0.05) is 42.5 Å². The maximum Gasteiger partial charge on any atom is 0.325 e. The van der Waals surface area contributed by atoms with Crippen LogP contribution in [0.2, 0.25) is 0 Å². The molecule has 140 valence electrons. The van der Waals surface area contributed by atoms with Crippen LogP contribution in [0.4, 0.5) is 10.5 Å². The van der Waals surface area contributed by atoms with Crippen LogP contribution in [0.3, 0.4) is 0 Å². The summed E-state index contributed by atoms with van der Waals surface area (Å²) in [7, 11) is 0. The van der Waals surface area contributed by atoms with Crippen molar-refractivity contribution in [3.8, 4) is 0 Å². The third kappa shape index (κ3) is 4.34. The Morgan fingerprint density at radius 3 is 2.56 bits per heavy atom. The number of carbonyl (C=O) groups is 3. The average molecular weight is 365 g/mol. The van der Waals surface area contributed by atoms with Crippen molar-refractivity contribution in [2.45, 2.75) is 32.2 Å². The van der Waals surface area contributed by atoms with Crippen LogP contribution in [0.1, 0.15) is 24.5 Å². The Morgan fingerprint density at radius 2 is 1.85 bits per heavy atom. The number of aryl methyl sites for hydroxylation is 2. The molecule has 6 nitrogen and oxygen atoms in total. The molecule has 4 amide bonds. The summed E-state index contributed by atoms with van der Waals surface area (Å²) in [6, 6.07) is 16.6. The van der Waals surface area contributed by atoms with Gasteiger partial charge in [0.15, 0.2) is 0 Å². The summed E-state index contributed by atoms with van der Waals surface area (Å²) in [4.78, 5) is 38.3. The molecular weight excluding hydrogens is 342 g/mol. The van der Waals surface area contributed by atoms with Crippen LogP contribution in [0.5, 0.6) is 0 Å². The molecule has 3 rings (SSSR count). The molecule has 0 radical (unpaired) electrons. The van der Waals surface area contributed by atoms with Crippen molar-refractivity contribution in [3.63, 3.8) is 0 Å². The van der Waals surface area contributed by atoms with Crippen LogP contribution in [-0.2, 0) is 16.0 Å². The molecular formula is C21H23N3O3. The summed E-state index contributed by atoms with van der Waals surface area (Å²) in [6.07, 6.45) is 1.13. The van der Waals surface area contributed by atoms with E-state index < -0.39 is 17.5 Å². The van der Waals surface area contributed by atoms with Gasteiger partial charge in [0.05, 0.1) is 0 Å². The fourth-order valence-corrected chi connectivity index (χ4v) is 3.17. The van der Waals surface area contributed by atoms with Crippen LogP contribution < -0.4 is 10.6 Å². The minimum Gasteiger partial charge on any atom is -0.325 e. The van der Waals surface area contributed by atoms with E-state index in [0.717, 1.165) is 16.0 Å². The first-order valence-electron chi connectivity index (χ1n) is 8.92. The first-order valence-corrected chi connectivity index (χ1v) is 8.92. The highest BCUT2D eigenvalue weighted by Crippen LogP contribution is 2.23. The summed E-state index contributed by atoms with van der Waals surface area (Å²) in [5.41, 5.74) is 1.74. The number of urea groups is 1. The Labute approximate surface area is 158 Å². The fraction of sp³-hybridized carbons (Fsp3) is 0.286. The predicted octanol–water partition coefficient (Wildman–Crippen LogP) is 2.88. The van der Waals surface area contributed by atoms with Gasteiger partial charge in [-0.2, -0.15) is 0 Å². The predicted molar refractivity (Wildman–Crippen MR) is 103 cm³/mol. The van der Waals surface area contributed by atoms with Gasteiger partial charge in [0.2, 0.25) is 5.91 Å². The van der Waals surface area contributed by atoms with Gasteiger partial charge in [-0.25, -0.2) is 4.79 Å². The molecule has 1 atom stereocenters. The summed E-state index contributed by atoms with van der Waals surface area (Å²) >= 11 is 0. The quantitative estimate of drug-likeness (QED) is 0.773. The summed E-state index contributed by atoms with van der Waals surface area (Å²) in [5.74, 6) is -0.778. The van der Waals surface area contributed by atoms with Gasteiger partial charge >= 0.3 is 6.03 Å². The Morgan fingerprint density at radius 1 is 1.11 bits per heavy atom. The molecule has 1 aliphatic rings. The van der Waals surface area contributed by atoms with Crippen LogP contribution in [0.25, 0.3) is 0 Å². The molecule has 2 aromatic rings. The second-order valence-electron chi connectivity index (χ2n) is 7.06. The summed E-state index contributed by atoms with van der Waals surface area (Å²) in [6.45, 7) is 3.32. The van der Waals surface area contributed by atoms with Crippen molar-refractivity contribution in [1.29, 1.82) is 0 Å². The second-order valence-corrected chi connectivity index (χ2v) is 7.06. The van der Waals surface area contributed by atoms with E-state index in [2.05, 4.69) is 10.6 Å². The number of hydrogen-bond donors (Lipinski definition) is 2. The first-order chi connectivity index (χ1) is 12.9. The van der Waals surface area contributed by atoms with E-state index in [1.807, 2.05) is 55.5 Å². The summed E-state index contributed by atoms with van der Waals surface area (Å²) in [5, 5.41) is 5.46. The van der Waals surface area contributed by atoms with E-state index in [0.29, 0.717) is 18.5 Å². The van der Waals surface area contributed by atoms with Crippen molar-refractivity contribution in [1.82, 2.24) is 10.2 Å². The van der Waals surface area contributed by atoms with Gasteiger partial charge < -0.3 is 10.6 Å². The average Bonchev–Trinajstić information content (AvgIpc) is 2.84. The standard InChI is InChI=1S/C21H23N3O3/c1-15-7-6-10-17(13-15)22-18(25)14-24-19(26)21(2,23-20(24)27)12-11-16-8-4-3-5-9-16/h3-10,13H,11-12,14H2,1-2H3,(H,22,25)(H,23,27). The topological polar surface area (TPSA) is 78.5 Å². The number of amides is 4. The third-order valence-electron chi connectivity index (χ3n) is 4.71. The maximum atomic E-state index is 12.8. The van der Waals surface area contributed by atoms with Crippen LogP contribution in [-0.4, -0.2) is 34.8 Å². The Hall–Kier alpha value is -3.15. The molecule has 1 heterocycles. The molecule has 0 saturated carbocycles. The first kappa shape index (κ1) is 18.6. The van der Waals surface area contributed by atoms with Crippen LogP contribution in [0, 0.1) is 6.92 Å². The number of imide groups is 1. The highest BCUT2D eigenvalue weighted by molar-refractivity contribution is 6.09. The molecule has 6 heteroatoms. The third-order valence-corrected chi connectivity index (χ3v) is 4.71. The number of benzene rings is 2. The largest absolute Gasteiger partial charge is 0.325 e. The molecule has 1 fully saturated rings. The maximum absolute atomic E-state index is 12.8. The molecule has 2 aromatic carbocycles. The highest BCUT2D eigenvalue weighted by Gasteiger charge is 2.47. The molecule has 1 aliphatic heterocycles. The van der Waals surface area contributed by atoms with Gasteiger partial charge in [0.1, 0.15) is 12.1 Å². The van der Waals surface area contributed by atoms with Crippen LogP contribution >= 0.6 is 0 Å². The Bertz CT molecular complexity index is 866. The zero-order chi connectivity index (χ0) is 19.4. The number of rotatable bonds is 6. The minimum absolute atomic E-state index is 0.306. The Balaban J connectivity index is 1.62. The lowest BCUT2D eigenvalue weighted by atomic mass is 9.93. The molecule has 0 spiro atoms. The molecule has 1 saturated heterocycles. The minimum atomic E-state index is -1.00.